The van der Waals surface area contributed by atoms with Crippen molar-refractivity contribution in [3.63, 3.8) is 0 Å². The van der Waals surface area contributed by atoms with E-state index in [-0.39, 0.29) is 47.7 Å². The molecule has 2 aliphatic carbocycles. The maximum Gasteiger partial charge on any atom is 0.420 e. The number of carbonyl (C=O) groups excluding carboxylic acids is 1. The van der Waals surface area contributed by atoms with Gasteiger partial charge in [0, 0.05) is 43.3 Å². The molecule has 2 N–H and O–H groups in total. The first-order valence-electron chi connectivity index (χ1n) is 20.0. The van der Waals surface area contributed by atoms with Gasteiger partial charge in [0.05, 0.1) is 36.3 Å². The van der Waals surface area contributed by atoms with Gasteiger partial charge in [-0.1, -0.05) is 30.3 Å². The molecule has 3 aromatic carbocycles. The number of nitrogens with zero attached hydrogens (tertiary/aromatic N) is 5. The summed E-state index contributed by atoms with van der Waals surface area (Å²) in [5.74, 6) is -0.643. The summed E-state index contributed by atoms with van der Waals surface area (Å²) in [6.45, 7) is 6.44. The van der Waals surface area contributed by atoms with Crippen molar-refractivity contribution in [1.82, 2.24) is 29.5 Å². The number of hydrogen-bond donors (Lipinski definition) is 2. The Labute approximate surface area is 339 Å². The van der Waals surface area contributed by atoms with Crippen LogP contribution >= 0.6 is 0 Å². The zero-order chi connectivity index (χ0) is 41.4. The van der Waals surface area contributed by atoms with Gasteiger partial charge in [-0.15, -0.1) is 0 Å². The second kappa shape index (κ2) is 15.0. The zero-order valence-electron chi connectivity index (χ0n) is 33.0. The van der Waals surface area contributed by atoms with Gasteiger partial charge in [0.25, 0.3) is 0 Å². The van der Waals surface area contributed by atoms with E-state index in [0.717, 1.165) is 34.4 Å². The van der Waals surface area contributed by atoms with Crippen molar-refractivity contribution >= 4 is 27.0 Å². The van der Waals surface area contributed by atoms with Gasteiger partial charge in [0.2, 0.25) is 27.7 Å². The summed E-state index contributed by atoms with van der Waals surface area (Å²) in [5, 5.41) is 9.44. The number of aliphatic hydroxyl groups excluding tert-OH is 1. The monoisotopic (exact) mass is 830 g/mol. The number of fused-ring (bicyclic) bond motifs is 2. The minimum absolute atomic E-state index is 0.0744. The number of benzene rings is 3. The van der Waals surface area contributed by atoms with Gasteiger partial charge in [-0.25, -0.2) is 18.4 Å². The number of sulfonamides is 1. The quantitative estimate of drug-likeness (QED) is 0.154. The molecule has 2 aromatic heterocycles. The highest BCUT2D eigenvalue weighted by molar-refractivity contribution is 7.90. The molecule has 0 radical (unpaired) electrons. The first-order chi connectivity index (χ1) is 28.2. The number of aromatic nitrogens is 3. The molecule has 0 bridgehead atoms. The number of halogens is 3. The lowest BCUT2D eigenvalue weighted by Crippen LogP contribution is -2.38. The van der Waals surface area contributed by atoms with Gasteiger partial charge < -0.3 is 14.3 Å². The van der Waals surface area contributed by atoms with Crippen LogP contribution in [0.1, 0.15) is 71.7 Å². The Hall–Kier alpha value is -4.90. The Kier molecular flexibility index (Phi) is 10.0. The van der Waals surface area contributed by atoms with E-state index < -0.39 is 38.8 Å². The molecule has 12 nitrogen and oxygen atoms in total. The number of alkyl halides is 3. The molecule has 310 valence electrons. The number of aliphatic hydroxyl groups is 1. The highest BCUT2D eigenvalue weighted by Gasteiger charge is 2.45. The number of methoxy groups -OCH3 is 1. The van der Waals surface area contributed by atoms with Crippen LogP contribution in [0.15, 0.2) is 53.1 Å². The summed E-state index contributed by atoms with van der Waals surface area (Å²) in [7, 11) is -2.14. The molecular formula is C43H45F3N6O6S. The van der Waals surface area contributed by atoms with E-state index in [2.05, 4.69) is 14.6 Å². The lowest BCUT2D eigenvalue weighted by molar-refractivity contribution is -0.137. The molecular weight excluding hydrogens is 786 g/mol. The molecule has 0 unspecified atom stereocenters. The summed E-state index contributed by atoms with van der Waals surface area (Å²) >= 11 is 0. The molecule has 1 amide bonds. The molecule has 0 spiro atoms. The number of amides is 1. The van der Waals surface area contributed by atoms with Crippen molar-refractivity contribution in [1.29, 1.82) is 0 Å². The standard InChI is InChI=1S/C43H45F3N6O6S/c1-23-28(6-4-8-30(23)35-19-47-36(42(49-35)57-3)22-51-16-15-26(53)21-51)29-7-5-9-31(24(29)2)41-48-34-18-33-32(38(39(34)58-41)43(44,45)46)12-13-37(33)52-17-14-25(20-52)40(54)50-59(55,56)27-10-11-27/h4-9,18-19,25-27,37,53H,10-17,20-22H2,1-3H3,(H,50,54)/t25-,26-,37-/m1/s1. The average Bonchev–Trinajstić information content (AvgIpc) is 3.45. The van der Waals surface area contributed by atoms with E-state index in [1.54, 1.807) is 25.4 Å². The van der Waals surface area contributed by atoms with Gasteiger partial charge in [-0.3, -0.25) is 24.3 Å². The highest BCUT2D eigenvalue weighted by atomic mass is 32.2. The summed E-state index contributed by atoms with van der Waals surface area (Å²) in [4.78, 5) is 31.2. The van der Waals surface area contributed by atoms with E-state index in [0.29, 0.717) is 80.1 Å². The van der Waals surface area contributed by atoms with Crippen molar-refractivity contribution in [2.75, 3.05) is 33.3 Å². The van der Waals surface area contributed by atoms with E-state index in [1.807, 2.05) is 49.1 Å². The number of hydrogen-bond acceptors (Lipinski definition) is 11. The average molecular weight is 831 g/mol. The molecule has 4 aliphatic rings. The van der Waals surface area contributed by atoms with Crippen molar-refractivity contribution < 1.29 is 40.6 Å². The van der Waals surface area contributed by atoms with Crippen LogP contribution in [0.4, 0.5) is 13.2 Å². The third kappa shape index (κ3) is 7.38. The third-order valence-electron chi connectivity index (χ3n) is 12.5. The number of β-amino-alcohol motifs (C(OH)–C–C–N with tert-alkyl or cyclic N) is 1. The van der Waals surface area contributed by atoms with Gasteiger partial charge >= 0.3 is 6.18 Å². The molecule has 2 saturated heterocycles. The van der Waals surface area contributed by atoms with Crippen LogP contribution in [0.5, 0.6) is 5.88 Å². The Morgan fingerprint density at radius 3 is 2.36 bits per heavy atom. The minimum Gasteiger partial charge on any atom is -0.480 e. The third-order valence-corrected chi connectivity index (χ3v) is 14.3. The fourth-order valence-electron chi connectivity index (χ4n) is 9.22. The zero-order valence-corrected chi connectivity index (χ0v) is 33.8. The van der Waals surface area contributed by atoms with Crippen molar-refractivity contribution in [3.8, 4) is 39.7 Å². The van der Waals surface area contributed by atoms with Crippen molar-refractivity contribution in [2.24, 2.45) is 5.92 Å². The lowest BCUT2D eigenvalue weighted by atomic mass is 9.90. The predicted octanol–water partition coefficient (Wildman–Crippen LogP) is 6.75. The van der Waals surface area contributed by atoms with Crippen LogP contribution in [0.25, 0.3) is 44.9 Å². The fraction of sp³-hybridized carbons (Fsp3) is 0.442. The maximum atomic E-state index is 15.0. The minimum atomic E-state index is -4.71. The number of nitrogens with one attached hydrogen (secondary N) is 1. The Balaban J connectivity index is 1.02. The molecule has 1 saturated carbocycles. The lowest BCUT2D eigenvalue weighted by Gasteiger charge is -2.25. The van der Waals surface area contributed by atoms with Crippen LogP contribution in [0, 0.1) is 19.8 Å². The SMILES string of the molecule is COc1nc(-c2cccc(-c3cccc(-c4nc5cc6c(c(C(F)(F)F)c5o4)CC[C@H]6N4CC[C@@H](C(=O)NS(=O)(=O)C5CC5)C4)c3C)c2C)cnc1CN1CC[C@@H](O)C1. The highest BCUT2D eigenvalue weighted by Crippen LogP contribution is 2.48. The van der Waals surface area contributed by atoms with Gasteiger partial charge in [-0.2, -0.15) is 13.2 Å². The molecule has 16 heteroatoms. The smallest absolute Gasteiger partial charge is 0.420 e. The van der Waals surface area contributed by atoms with E-state index >= 15 is 13.2 Å². The summed E-state index contributed by atoms with van der Waals surface area (Å²) in [6, 6.07) is 12.8. The van der Waals surface area contributed by atoms with Crippen LogP contribution < -0.4 is 9.46 Å². The fourth-order valence-corrected chi connectivity index (χ4v) is 10.6. The second-order valence-electron chi connectivity index (χ2n) is 16.3. The van der Waals surface area contributed by atoms with Gasteiger partial charge in [0.15, 0.2) is 5.58 Å². The summed E-state index contributed by atoms with van der Waals surface area (Å²) in [5.41, 5.74) is 5.79. The number of likely N-dealkylation sites (tertiary alicyclic amines) is 2. The number of ether oxygens (including phenoxy) is 1. The van der Waals surface area contributed by atoms with E-state index in [9.17, 15) is 18.3 Å². The van der Waals surface area contributed by atoms with Crippen LogP contribution in [-0.2, 0) is 34.0 Å². The predicted molar refractivity (Wildman–Crippen MR) is 214 cm³/mol. The molecule has 2 aliphatic heterocycles. The van der Waals surface area contributed by atoms with Crippen molar-refractivity contribution in [3.05, 3.63) is 82.2 Å². The van der Waals surface area contributed by atoms with Gasteiger partial charge in [-0.05, 0) is 104 Å². The summed E-state index contributed by atoms with van der Waals surface area (Å²) < 4.78 is 83.8. The first-order valence-corrected chi connectivity index (χ1v) is 21.6. The largest absolute Gasteiger partial charge is 0.480 e. The molecule has 3 fully saturated rings. The molecule has 3 atom stereocenters. The van der Waals surface area contributed by atoms with E-state index in [4.69, 9.17) is 19.1 Å². The summed E-state index contributed by atoms with van der Waals surface area (Å²) in [6.07, 6.45) is -0.542. The topological polar surface area (TPSA) is 151 Å². The second-order valence-corrected chi connectivity index (χ2v) is 18.2. The molecule has 9 rings (SSSR count). The molecule has 4 heterocycles. The number of carbonyl (C=O) groups is 1. The first kappa shape index (κ1) is 39.6. The van der Waals surface area contributed by atoms with E-state index in [1.165, 1.54) is 0 Å². The Morgan fingerprint density at radius 2 is 1.68 bits per heavy atom. The van der Waals surface area contributed by atoms with Gasteiger partial charge in [0.1, 0.15) is 16.8 Å². The molecule has 59 heavy (non-hydrogen) atoms. The van der Waals surface area contributed by atoms with Crippen molar-refractivity contribution in [2.45, 2.75) is 82.5 Å². The maximum absolute atomic E-state index is 15.0. The Bertz CT molecular complexity index is 2590. The van der Waals surface area contributed by atoms with Crippen LogP contribution in [0.3, 0.4) is 0 Å². The number of rotatable bonds is 10. The molecule has 5 aromatic rings. The normalized spacial score (nSPS) is 21.4. The van der Waals surface area contributed by atoms with Crippen LogP contribution in [-0.4, -0.2) is 88.8 Å². The van der Waals surface area contributed by atoms with Crippen LogP contribution in [0.2, 0.25) is 0 Å². The number of oxazole rings is 1. The Morgan fingerprint density at radius 1 is 0.966 bits per heavy atom.